The molecule has 0 spiro atoms. The molecular formula is C24H30O2. The van der Waals surface area contributed by atoms with Crippen molar-refractivity contribution in [3.05, 3.63) is 59.7 Å². The monoisotopic (exact) mass is 350 g/mol. The van der Waals surface area contributed by atoms with Crippen molar-refractivity contribution in [3.8, 4) is 11.1 Å². The predicted molar refractivity (Wildman–Crippen MR) is 106 cm³/mol. The molecule has 2 fully saturated rings. The summed E-state index contributed by atoms with van der Waals surface area (Å²) < 4.78 is 11.1. The lowest BCUT2D eigenvalue weighted by Crippen LogP contribution is -2.44. The summed E-state index contributed by atoms with van der Waals surface area (Å²) in [5.74, 6) is 0. The Labute approximate surface area is 157 Å². The van der Waals surface area contributed by atoms with Crippen LogP contribution in [0, 0.1) is 10.8 Å². The summed E-state index contributed by atoms with van der Waals surface area (Å²) >= 11 is 0. The predicted octanol–water partition coefficient (Wildman–Crippen LogP) is 5.29. The van der Waals surface area contributed by atoms with Crippen LogP contribution in [-0.4, -0.2) is 26.4 Å². The highest BCUT2D eigenvalue weighted by Crippen LogP contribution is 2.41. The molecule has 138 valence electrons. The lowest BCUT2D eigenvalue weighted by atomic mass is 9.74. The van der Waals surface area contributed by atoms with E-state index in [9.17, 15) is 0 Å². The molecule has 26 heavy (non-hydrogen) atoms. The number of hydrogen-bond donors (Lipinski definition) is 0. The van der Waals surface area contributed by atoms with Crippen molar-refractivity contribution in [1.29, 1.82) is 0 Å². The number of benzene rings is 2. The van der Waals surface area contributed by atoms with Crippen LogP contribution in [0.3, 0.4) is 0 Å². The van der Waals surface area contributed by atoms with Crippen LogP contribution in [0.5, 0.6) is 0 Å². The highest BCUT2D eigenvalue weighted by atomic mass is 16.5. The maximum atomic E-state index is 5.56. The fourth-order valence-corrected chi connectivity index (χ4v) is 4.33. The van der Waals surface area contributed by atoms with Gasteiger partial charge >= 0.3 is 0 Å². The molecule has 0 amide bonds. The molecule has 4 rings (SSSR count). The Kier molecular flexibility index (Phi) is 4.90. The van der Waals surface area contributed by atoms with Crippen LogP contribution in [0.2, 0.25) is 0 Å². The molecule has 0 radical (unpaired) electrons. The molecule has 2 aliphatic rings. The molecule has 0 N–H and O–H groups in total. The van der Waals surface area contributed by atoms with Crippen molar-refractivity contribution in [1.82, 2.24) is 0 Å². The first kappa shape index (κ1) is 17.8. The van der Waals surface area contributed by atoms with Gasteiger partial charge in [0.25, 0.3) is 0 Å². The molecule has 2 aromatic carbocycles. The van der Waals surface area contributed by atoms with Crippen molar-refractivity contribution in [3.63, 3.8) is 0 Å². The molecule has 0 aliphatic carbocycles. The maximum absolute atomic E-state index is 5.56. The average Bonchev–Trinajstić information content (AvgIpc) is 2.62. The van der Waals surface area contributed by atoms with Crippen molar-refractivity contribution in [2.45, 2.75) is 39.5 Å². The fourth-order valence-electron chi connectivity index (χ4n) is 4.33. The summed E-state index contributed by atoms with van der Waals surface area (Å²) in [6.45, 7) is 8.18. The van der Waals surface area contributed by atoms with Gasteiger partial charge in [-0.2, -0.15) is 0 Å². The molecule has 0 atom stereocenters. The molecule has 0 unspecified atom stereocenters. The number of rotatable bonds is 7. The van der Waals surface area contributed by atoms with E-state index in [1.165, 1.54) is 35.1 Å². The van der Waals surface area contributed by atoms with E-state index in [-0.39, 0.29) is 0 Å². The summed E-state index contributed by atoms with van der Waals surface area (Å²) in [5, 5.41) is 0. The largest absolute Gasteiger partial charge is 0.380 e. The van der Waals surface area contributed by atoms with Crippen LogP contribution >= 0.6 is 0 Å². The zero-order chi connectivity index (χ0) is 18.0. The van der Waals surface area contributed by atoms with E-state index in [4.69, 9.17) is 9.47 Å². The minimum absolute atomic E-state index is 0.331. The minimum atomic E-state index is 0.331. The molecule has 0 aromatic heterocycles. The van der Waals surface area contributed by atoms with Crippen molar-refractivity contribution in [2.75, 3.05) is 26.4 Å². The molecule has 2 aliphatic heterocycles. The first-order valence-corrected chi connectivity index (χ1v) is 10.0. The van der Waals surface area contributed by atoms with Gasteiger partial charge in [0.2, 0.25) is 0 Å². The van der Waals surface area contributed by atoms with Crippen LogP contribution in [-0.2, 0) is 22.3 Å². The molecule has 2 heterocycles. The Hall–Kier alpha value is -1.64. The lowest BCUT2D eigenvalue weighted by Gasteiger charge is -2.42. The van der Waals surface area contributed by atoms with Gasteiger partial charge in [-0.25, -0.2) is 0 Å². The standard InChI is InChI=1S/C24H30O2/c1-3-23(15-25-16-23)13-19-9-5-7-11-21(19)22-12-8-6-10-20(22)14-24(4-2)17-26-18-24/h5-12H,3-4,13-18H2,1-2H3. The Morgan fingerprint density at radius 3 is 1.35 bits per heavy atom. The molecular weight excluding hydrogens is 320 g/mol. The van der Waals surface area contributed by atoms with Crippen molar-refractivity contribution in [2.24, 2.45) is 10.8 Å². The third-order valence-corrected chi connectivity index (χ3v) is 6.59. The Bertz CT molecular complexity index is 680. The summed E-state index contributed by atoms with van der Waals surface area (Å²) in [4.78, 5) is 0. The zero-order valence-electron chi connectivity index (χ0n) is 16.1. The van der Waals surface area contributed by atoms with Gasteiger partial charge in [-0.15, -0.1) is 0 Å². The lowest BCUT2D eigenvalue weighted by molar-refractivity contribution is -0.114. The van der Waals surface area contributed by atoms with Gasteiger partial charge in [-0.05, 0) is 47.9 Å². The third kappa shape index (κ3) is 3.21. The number of ether oxygens (including phenoxy) is 2. The highest BCUT2D eigenvalue weighted by molar-refractivity contribution is 5.71. The second-order valence-corrected chi connectivity index (χ2v) is 8.36. The van der Waals surface area contributed by atoms with Crippen LogP contribution in [0.15, 0.2) is 48.5 Å². The molecule has 2 nitrogen and oxygen atoms in total. The second kappa shape index (κ2) is 7.17. The van der Waals surface area contributed by atoms with E-state index >= 15 is 0 Å². The third-order valence-electron chi connectivity index (χ3n) is 6.59. The first-order valence-electron chi connectivity index (χ1n) is 10.0. The Balaban J connectivity index is 1.68. The van der Waals surface area contributed by atoms with Crippen molar-refractivity contribution >= 4 is 0 Å². The topological polar surface area (TPSA) is 18.5 Å². The van der Waals surface area contributed by atoms with E-state index in [0.29, 0.717) is 10.8 Å². The SMILES string of the molecule is CCC1(Cc2ccccc2-c2ccccc2CC2(CC)COC2)COC1. The van der Waals surface area contributed by atoms with E-state index in [2.05, 4.69) is 62.4 Å². The Morgan fingerprint density at radius 1 is 0.654 bits per heavy atom. The van der Waals surface area contributed by atoms with Crippen LogP contribution in [0.1, 0.15) is 37.8 Å². The van der Waals surface area contributed by atoms with E-state index < -0.39 is 0 Å². The van der Waals surface area contributed by atoms with Crippen molar-refractivity contribution < 1.29 is 9.47 Å². The zero-order valence-corrected chi connectivity index (χ0v) is 16.1. The van der Waals surface area contributed by atoms with Gasteiger partial charge in [0.05, 0.1) is 26.4 Å². The quantitative estimate of drug-likeness (QED) is 0.675. The summed E-state index contributed by atoms with van der Waals surface area (Å²) in [5.41, 5.74) is 6.37. The highest BCUT2D eigenvalue weighted by Gasteiger charge is 2.38. The fraction of sp³-hybridized carbons (Fsp3) is 0.500. The van der Waals surface area contributed by atoms with E-state index in [1.807, 2.05) is 0 Å². The molecule has 2 aromatic rings. The van der Waals surface area contributed by atoms with Gasteiger partial charge in [-0.1, -0.05) is 62.4 Å². The summed E-state index contributed by atoms with van der Waals surface area (Å²) in [6, 6.07) is 17.9. The van der Waals surface area contributed by atoms with Gasteiger partial charge in [0.15, 0.2) is 0 Å². The molecule has 0 saturated carbocycles. The van der Waals surface area contributed by atoms with Gasteiger partial charge in [-0.3, -0.25) is 0 Å². The number of hydrogen-bond acceptors (Lipinski definition) is 2. The van der Waals surface area contributed by atoms with E-state index in [0.717, 1.165) is 39.3 Å². The molecule has 0 bridgehead atoms. The average molecular weight is 351 g/mol. The maximum Gasteiger partial charge on any atom is 0.0547 e. The summed E-state index contributed by atoms with van der Waals surface area (Å²) in [6.07, 6.45) is 4.57. The van der Waals surface area contributed by atoms with Crippen LogP contribution < -0.4 is 0 Å². The summed E-state index contributed by atoms with van der Waals surface area (Å²) in [7, 11) is 0. The molecule has 2 heteroatoms. The Morgan fingerprint density at radius 2 is 1.04 bits per heavy atom. The minimum Gasteiger partial charge on any atom is -0.380 e. The van der Waals surface area contributed by atoms with Gasteiger partial charge in [0.1, 0.15) is 0 Å². The normalized spacial score (nSPS) is 20.2. The second-order valence-electron chi connectivity index (χ2n) is 8.36. The molecule has 2 saturated heterocycles. The van der Waals surface area contributed by atoms with Crippen LogP contribution in [0.25, 0.3) is 11.1 Å². The van der Waals surface area contributed by atoms with Gasteiger partial charge in [0, 0.05) is 10.8 Å². The van der Waals surface area contributed by atoms with Gasteiger partial charge < -0.3 is 9.47 Å². The van der Waals surface area contributed by atoms with E-state index in [1.54, 1.807) is 0 Å². The smallest absolute Gasteiger partial charge is 0.0547 e. The van der Waals surface area contributed by atoms with Crippen LogP contribution in [0.4, 0.5) is 0 Å². The first-order chi connectivity index (χ1) is 12.7.